The number of hydrogen-bond acceptors (Lipinski definition) is 7. The first-order chi connectivity index (χ1) is 18.4. The predicted octanol–water partition coefficient (Wildman–Crippen LogP) is 5.36. The number of hydrogen-bond donors (Lipinski definition) is 1. The second-order valence-corrected chi connectivity index (χ2v) is 14.0. The highest BCUT2D eigenvalue weighted by Crippen LogP contribution is 2.66. The number of ether oxygens (including phenoxy) is 1. The monoisotopic (exact) mass is 580 g/mol. The first kappa shape index (κ1) is 30.2. The molecule has 1 aromatic rings. The van der Waals surface area contributed by atoms with E-state index in [-0.39, 0.29) is 40.3 Å². The lowest BCUT2D eigenvalue weighted by molar-refractivity contribution is -0.189. The number of alkyl halides is 1. The van der Waals surface area contributed by atoms with Gasteiger partial charge in [0.05, 0.1) is 11.0 Å². The number of benzene rings is 1. The van der Waals surface area contributed by atoms with E-state index in [1.165, 1.54) is 12.1 Å². The number of carbonyl (C=O) groups is 2. The van der Waals surface area contributed by atoms with Crippen molar-refractivity contribution in [2.24, 2.45) is 28.6 Å². The van der Waals surface area contributed by atoms with Crippen molar-refractivity contribution < 1.29 is 32.0 Å². The summed E-state index contributed by atoms with van der Waals surface area (Å²) in [5.41, 5.74) is 0.643. The third-order valence-corrected chi connectivity index (χ3v) is 11.5. The lowest BCUT2D eigenvalue weighted by Gasteiger charge is -2.59. The normalized spacial score (nSPS) is 35.8. The van der Waals surface area contributed by atoms with Crippen LogP contribution in [0.3, 0.4) is 0 Å². The van der Waals surface area contributed by atoms with E-state index in [1.807, 2.05) is 19.9 Å². The molecule has 1 aromatic carbocycles. The molecular formula is C30H41ClO7S. The van der Waals surface area contributed by atoms with Crippen LogP contribution in [0, 0.1) is 35.5 Å². The lowest BCUT2D eigenvalue weighted by atomic mass is 9.45. The number of Topliss-reactive ketones (excluding diaryl/α,β-unsaturated/α-hetero) is 1. The van der Waals surface area contributed by atoms with Crippen LogP contribution in [-0.4, -0.2) is 50.0 Å². The van der Waals surface area contributed by atoms with Crippen molar-refractivity contribution in [1.29, 1.82) is 0 Å². The summed E-state index contributed by atoms with van der Waals surface area (Å²) in [6.07, 6.45) is 5.07. The molecule has 7 nitrogen and oxygen atoms in total. The van der Waals surface area contributed by atoms with E-state index in [1.54, 1.807) is 12.1 Å². The molecule has 1 N–H and O–H groups in total. The Kier molecular flexibility index (Phi) is 9.01. The molecule has 216 valence electrons. The lowest BCUT2D eigenvalue weighted by Crippen LogP contribution is -2.60. The molecular weight excluding hydrogens is 540 g/mol. The van der Waals surface area contributed by atoms with Crippen molar-refractivity contribution in [2.75, 3.05) is 12.5 Å². The van der Waals surface area contributed by atoms with E-state index in [0.717, 1.165) is 30.4 Å². The summed E-state index contributed by atoms with van der Waals surface area (Å²) < 4.78 is 36.5. The highest BCUT2D eigenvalue weighted by molar-refractivity contribution is 7.86. The summed E-state index contributed by atoms with van der Waals surface area (Å²) in [6, 6.07) is 6.18. The van der Waals surface area contributed by atoms with Gasteiger partial charge in [0.1, 0.15) is 11.9 Å². The van der Waals surface area contributed by atoms with E-state index in [9.17, 15) is 23.1 Å². The Bertz CT molecular complexity index is 1210. The van der Waals surface area contributed by atoms with Gasteiger partial charge in [0, 0.05) is 30.1 Å². The smallest absolute Gasteiger partial charge is 0.333 e. The summed E-state index contributed by atoms with van der Waals surface area (Å²) in [5, 5.41) is 11.6. The van der Waals surface area contributed by atoms with Crippen molar-refractivity contribution in [2.45, 2.75) is 89.7 Å². The van der Waals surface area contributed by atoms with Crippen molar-refractivity contribution in [3.63, 3.8) is 0 Å². The number of unbranched alkanes of at least 4 members (excludes halogenated alkanes) is 1. The van der Waals surface area contributed by atoms with Crippen molar-refractivity contribution >= 4 is 33.5 Å². The second-order valence-electron chi connectivity index (χ2n) is 12.0. The maximum atomic E-state index is 13.5. The van der Waals surface area contributed by atoms with Crippen LogP contribution in [0.5, 0.6) is 0 Å². The topological polar surface area (TPSA) is 107 Å². The van der Waals surface area contributed by atoms with Crippen LogP contribution >= 0.6 is 11.6 Å². The molecule has 0 spiro atoms. The van der Waals surface area contributed by atoms with Crippen LogP contribution in [0.25, 0.3) is 0 Å². The van der Waals surface area contributed by atoms with Crippen LogP contribution in [0.4, 0.5) is 0 Å². The van der Waals surface area contributed by atoms with Gasteiger partial charge in [0.2, 0.25) is 0 Å². The molecule has 4 rings (SSSR count). The molecule has 3 saturated carbocycles. The van der Waals surface area contributed by atoms with Crippen molar-refractivity contribution in [3.05, 3.63) is 41.5 Å². The molecule has 39 heavy (non-hydrogen) atoms. The zero-order valence-corrected chi connectivity index (χ0v) is 24.9. The fraction of sp³-hybridized carbons (Fsp3) is 0.667. The maximum Gasteiger partial charge on any atom is 0.333 e. The molecule has 0 radical (unpaired) electrons. The SMILES string of the molecule is Cc1ccc(S(=O)(=O)OCC(=O)O[C@H]2C/C(=C/CCCCl)[C@@H](O)[C@H](C)[C@]34CCC(=O)[C@H]3[C@@]2(C)[C@H](C)CC4)cc1. The summed E-state index contributed by atoms with van der Waals surface area (Å²) in [7, 11) is -4.15. The van der Waals surface area contributed by atoms with Gasteiger partial charge in [-0.25, -0.2) is 4.79 Å². The molecule has 0 aromatic heterocycles. The molecule has 3 fully saturated rings. The standard InChI is InChI=1S/C30H41ClO7S/c1-19-8-10-23(11-9-19)39(35,36)37-18-26(33)38-25-17-22(7-5-6-16-31)27(34)21(3)30-14-12-20(2)29(25,4)28(30)24(32)13-15-30/h7-11,20-21,25,27-28,34H,5-6,12-18H2,1-4H3/b22-7-/t20-,21+,25+,27+,28+,29+,30+/m1/s1. The predicted molar refractivity (Wildman–Crippen MR) is 149 cm³/mol. The number of ketones is 1. The molecule has 0 saturated heterocycles. The van der Waals surface area contributed by atoms with Gasteiger partial charge in [-0.05, 0) is 74.0 Å². The molecule has 0 aliphatic heterocycles. The highest BCUT2D eigenvalue weighted by Gasteiger charge is 2.66. The minimum absolute atomic E-state index is 0.0392. The van der Waals surface area contributed by atoms with Gasteiger partial charge in [-0.1, -0.05) is 44.5 Å². The Morgan fingerprint density at radius 2 is 1.90 bits per heavy atom. The zero-order chi connectivity index (χ0) is 28.6. The van der Waals surface area contributed by atoms with Crippen LogP contribution < -0.4 is 0 Å². The number of allylic oxidation sites excluding steroid dienone is 1. The van der Waals surface area contributed by atoms with E-state index < -0.39 is 40.3 Å². The van der Waals surface area contributed by atoms with Crippen molar-refractivity contribution in [1.82, 2.24) is 0 Å². The first-order valence-electron chi connectivity index (χ1n) is 14.0. The van der Waals surface area contributed by atoms with Crippen LogP contribution in [0.2, 0.25) is 0 Å². The molecule has 0 amide bonds. The number of halogens is 1. The van der Waals surface area contributed by atoms with Gasteiger partial charge in [-0.2, -0.15) is 8.42 Å². The maximum absolute atomic E-state index is 13.5. The Morgan fingerprint density at radius 3 is 2.56 bits per heavy atom. The van der Waals surface area contributed by atoms with E-state index >= 15 is 0 Å². The largest absolute Gasteiger partial charge is 0.460 e. The number of aliphatic hydroxyl groups is 1. The third kappa shape index (κ3) is 5.59. The first-order valence-corrected chi connectivity index (χ1v) is 15.9. The van der Waals surface area contributed by atoms with Gasteiger partial charge in [-0.15, -0.1) is 11.6 Å². The van der Waals surface area contributed by atoms with Crippen molar-refractivity contribution in [3.8, 4) is 0 Å². The van der Waals surface area contributed by atoms with E-state index in [2.05, 4.69) is 13.8 Å². The summed E-state index contributed by atoms with van der Waals surface area (Å²) >= 11 is 5.91. The van der Waals surface area contributed by atoms with Gasteiger partial charge >= 0.3 is 5.97 Å². The van der Waals surface area contributed by atoms with Crippen LogP contribution in [0.15, 0.2) is 40.8 Å². The number of aliphatic hydroxyl groups excluding tert-OH is 1. The quantitative estimate of drug-likeness (QED) is 0.145. The average molecular weight is 581 g/mol. The Labute approximate surface area is 237 Å². The van der Waals surface area contributed by atoms with Gasteiger partial charge in [0.15, 0.2) is 6.61 Å². The third-order valence-electron chi connectivity index (χ3n) is 10.00. The zero-order valence-electron chi connectivity index (χ0n) is 23.3. The van der Waals surface area contributed by atoms with Crippen LogP contribution in [0.1, 0.15) is 71.3 Å². The highest BCUT2D eigenvalue weighted by atomic mass is 35.5. The fourth-order valence-electron chi connectivity index (χ4n) is 7.52. The van der Waals surface area contributed by atoms with Gasteiger partial charge in [-0.3, -0.25) is 8.98 Å². The average Bonchev–Trinajstić information content (AvgIpc) is 3.25. The molecule has 9 heteroatoms. The summed E-state index contributed by atoms with van der Waals surface area (Å²) in [4.78, 5) is 26.6. The number of rotatable bonds is 8. The number of esters is 1. The molecule has 3 aliphatic rings. The molecule has 7 atom stereocenters. The van der Waals surface area contributed by atoms with Gasteiger partial charge in [0.25, 0.3) is 10.1 Å². The van der Waals surface area contributed by atoms with E-state index in [4.69, 9.17) is 20.5 Å². The summed E-state index contributed by atoms with van der Waals surface area (Å²) in [5.74, 6) is -0.541. The molecule has 0 heterocycles. The molecule has 0 unspecified atom stereocenters. The Morgan fingerprint density at radius 1 is 1.21 bits per heavy atom. The summed E-state index contributed by atoms with van der Waals surface area (Å²) in [6.45, 7) is 7.27. The second kappa shape index (κ2) is 11.6. The van der Waals surface area contributed by atoms with Gasteiger partial charge < -0.3 is 9.84 Å². The van der Waals surface area contributed by atoms with Crippen LogP contribution in [-0.2, 0) is 28.6 Å². The fourth-order valence-corrected chi connectivity index (χ4v) is 8.53. The molecule has 2 bridgehead atoms. The minimum atomic E-state index is -4.15. The Balaban J connectivity index is 1.65. The van der Waals surface area contributed by atoms with E-state index in [0.29, 0.717) is 25.1 Å². The molecule has 3 aliphatic carbocycles. The Hall–Kier alpha value is -1.74. The minimum Gasteiger partial charge on any atom is -0.460 e. The number of carbonyl (C=O) groups excluding carboxylic acids is 2. The number of aryl methyl sites for hydroxylation is 1.